The highest BCUT2D eigenvalue weighted by Gasteiger charge is 2.01. The molecule has 2 rings (SSSR count). The Bertz CT molecular complexity index is 552. The summed E-state index contributed by atoms with van der Waals surface area (Å²) in [5.74, 6) is 1.39. The van der Waals surface area contributed by atoms with Crippen molar-refractivity contribution in [2.45, 2.75) is 26.9 Å². The molecule has 0 aliphatic heterocycles. The van der Waals surface area contributed by atoms with E-state index in [9.17, 15) is 0 Å². The normalized spacial score (nSPS) is 10.9. The van der Waals surface area contributed by atoms with Crippen LogP contribution in [0.25, 0.3) is 0 Å². The maximum absolute atomic E-state index is 8.87. The van der Waals surface area contributed by atoms with Gasteiger partial charge in [-0.15, -0.1) is 0 Å². The van der Waals surface area contributed by atoms with Crippen molar-refractivity contribution in [2.24, 2.45) is 5.92 Å². The molecule has 1 aromatic carbocycles. The van der Waals surface area contributed by atoms with Crippen molar-refractivity contribution in [1.29, 1.82) is 0 Å². The summed E-state index contributed by atoms with van der Waals surface area (Å²) in [6.45, 7) is 6.30. The van der Waals surface area contributed by atoms with Crippen molar-refractivity contribution in [3.05, 3.63) is 42.2 Å². The molecule has 0 bridgehead atoms. The Kier molecular flexibility index (Phi) is 5.63. The average Bonchev–Trinajstić information content (AvgIpc) is 2.92. The standard InChI is InChI=1S/C16H23N3O2/c1-13(2)12-21-16-5-3-4-15(8-16)17-9-14-10-18-19(11-14)6-7-20/h3-5,8,10-11,13,17,20H,6-7,9,12H2,1-2H3. The Morgan fingerprint density at radius 1 is 1.38 bits per heavy atom. The molecule has 0 unspecified atom stereocenters. The van der Waals surface area contributed by atoms with Crippen molar-refractivity contribution in [3.8, 4) is 5.75 Å². The lowest BCUT2D eigenvalue weighted by atomic mass is 10.2. The number of aliphatic hydroxyl groups excluding tert-OH is 1. The van der Waals surface area contributed by atoms with Crippen LogP contribution in [0.1, 0.15) is 19.4 Å². The lowest BCUT2D eigenvalue weighted by Crippen LogP contribution is -2.05. The van der Waals surface area contributed by atoms with Gasteiger partial charge in [0.2, 0.25) is 0 Å². The van der Waals surface area contributed by atoms with Crippen LogP contribution in [0.3, 0.4) is 0 Å². The zero-order valence-electron chi connectivity index (χ0n) is 12.6. The van der Waals surface area contributed by atoms with Crippen LogP contribution in [-0.4, -0.2) is 28.1 Å². The second-order valence-electron chi connectivity index (χ2n) is 5.42. The molecule has 5 nitrogen and oxygen atoms in total. The van der Waals surface area contributed by atoms with Crippen molar-refractivity contribution in [2.75, 3.05) is 18.5 Å². The Morgan fingerprint density at radius 2 is 2.24 bits per heavy atom. The van der Waals surface area contributed by atoms with Crippen molar-refractivity contribution in [3.63, 3.8) is 0 Å². The molecule has 5 heteroatoms. The quantitative estimate of drug-likeness (QED) is 0.784. The van der Waals surface area contributed by atoms with Crippen molar-refractivity contribution < 1.29 is 9.84 Å². The van der Waals surface area contributed by atoms with Gasteiger partial charge >= 0.3 is 0 Å². The van der Waals surface area contributed by atoms with Gasteiger partial charge in [-0.1, -0.05) is 19.9 Å². The van der Waals surface area contributed by atoms with Gasteiger partial charge in [0.25, 0.3) is 0 Å². The molecule has 2 aromatic rings. The molecule has 0 aliphatic carbocycles. The summed E-state index contributed by atoms with van der Waals surface area (Å²) in [6, 6.07) is 7.96. The van der Waals surface area contributed by atoms with Crippen LogP contribution in [0.2, 0.25) is 0 Å². The fraction of sp³-hybridized carbons (Fsp3) is 0.438. The molecular formula is C16H23N3O2. The van der Waals surface area contributed by atoms with E-state index in [0.29, 0.717) is 19.0 Å². The minimum absolute atomic E-state index is 0.101. The number of aliphatic hydroxyl groups is 1. The molecule has 0 saturated heterocycles. The molecule has 21 heavy (non-hydrogen) atoms. The maximum Gasteiger partial charge on any atom is 0.121 e. The number of benzene rings is 1. The zero-order chi connectivity index (χ0) is 15.1. The van der Waals surface area contributed by atoms with Gasteiger partial charge in [-0.05, 0) is 18.1 Å². The Morgan fingerprint density at radius 3 is 3.00 bits per heavy atom. The molecule has 2 N–H and O–H groups in total. The zero-order valence-corrected chi connectivity index (χ0v) is 12.6. The number of nitrogens with zero attached hydrogens (tertiary/aromatic N) is 2. The first-order valence-corrected chi connectivity index (χ1v) is 7.26. The molecular weight excluding hydrogens is 266 g/mol. The van der Waals surface area contributed by atoms with E-state index in [2.05, 4.69) is 24.3 Å². The van der Waals surface area contributed by atoms with Gasteiger partial charge in [0.1, 0.15) is 5.75 Å². The predicted molar refractivity (Wildman–Crippen MR) is 83.4 cm³/mol. The molecule has 0 atom stereocenters. The third-order valence-electron chi connectivity index (χ3n) is 2.93. The molecule has 0 saturated carbocycles. The number of rotatable bonds is 8. The molecule has 114 valence electrons. The Hall–Kier alpha value is -2.01. The van der Waals surface area contributed by atoms with E-state index in [-0.39, 0.29) is 6.61 Å². The smallest absolute Gasteiger partial charge is 0.121 e. The second-order valence-corrected chi connectivity index (χ2v) is 5.42. The van der Waals surface area contributed by atoms with Gasteiger partial charge in [-0.25, -0.2) is 0 Å². The SMILES string of the molecule is CC(C)COc1cccc(NCc2cnn(CCO)c2)c1. The van der Waals surface area contributed by atoms with Crippen LogP contribution in [0.5, 0.6) is 5.75 Å². The van der Waals surface area contributed by atoms with Gasteiger partial charge in [0.15, 0.2) is 0 Å². The molecule has 0 fully saturated rings. The van der Waals surface area contributed by atoms with Crippen LogP contribution in [-0.2, 0) is 13.1 Å². The van der Waals surface area contributed by atoms with Gasteiger partial charge in [0.05, 0.1) is 26.0 Å². The highest BCUT2D eigenvalue weighted by molar-refractivity contribution is 5.48. The van der Waals surface area contributed by atoms with Gasteiger partial charge in [0, 0.05) is 30.1 Å². The summed E-state index contributed by atoms with van der Waals surface area (Å²) >= 11 is 0. The van der Waals surface area contributed by atoms with E-state index in [1.165, 1.54) is 0 Å². The first-order valence-electron chi connectivity index (χ1n) is 7.26. The van der Waals surface area contributed by atoms with E-state index >= 15 is 0 Å². The van der Waals surface area contributed by atoms with E-state index in [1.54, 1.807) is 4.68 Å². The average molecular weight is 289 g/mol. The molecule has 1 heterocycles. The van der Waals surface area contributed by atoms with Crippen LogP contribution < -0.4 is 10.1 Å². The maximum atomic E-state index is 8.87. The first-order chi connectivity index (χ1) is 10.2. The van der Waals surface area contributed by atoms with Crippen LogP contribution >= 0.6 is 0 Å². The predicted octanol–water partition coefficient (Wildman–Crippen LogP) is 2.52. The van der Waals surface area contributed by atoms with Gasteiger partial charge < -0.3 is 15.2 Å². The number of hydrogen-bond acceptors (Lipinski definition) is 4. The molecule has 0 aliphatic rings. The third kappa shape index (κ3) is 5.11. The summed E-state index contributed by atoms with van der Waals surface area (Å²) in [4.78, 5) is 0. The number of hydrogen-bond donors (Lipinski definition) is 2. The Balaban J connectivity index is 1.88. The van der Waals surface area contributed by atoms with Gasteiger partial charge in [-0.2, -0.15) is 5.10 Å². The minimum atomic E-state index is 0.101. The topological polar surface area (TPSA) is 59.3 Å². The van der Waals surface area contributed by atoms with E-state index < -0.39 is 0 Å². The number of aromatic nitrogens is 2. The van der Waals surface area contributed by atoms with E-state index in [0.717, 1.165) is 23.6 Å². The highest BCUT2D eigenvalue weighted by Crippen LogP contribution is 2.18. The Labute approximate surface area is 125 Å². The van der Waals surface area contributed by atoms with E-state index in [4.69, 9.17) is 9.84 Å². The van der Waals surface area contributed by atoms with Crippen LogP contribution in [0, 0.1) is 5.92 Å². The lowest BCUT2D eigenvalue weighted by molar-refractivity contribution is 0.269. The van der Waals surface area contributed by atoms with Crippen molar-refractivity contribution >= 4 is 5.69 Å². The minimum Gasteiger partial charge on any atom is -0.493 e. The fourth-order valence-electron chi connectivity index (χ4n) is 1.89. The highest BCUT2D eigenvalue weighted by atomic mass is 16.5. The monoisotopic (exact) mass is 289 g/mol. The number of anilines is 1. The van der Waals surface area contributed by atoms with Gasteiger partial charge in [-0.3, -0.25) is 4.68 Å². The second kappa shape index (κ2) is 7.69. The lowest BCUT2D eigenvalue weighted by Gasteiger charge is -2.10. The molecule has 1 aromatic heterocycles. The van der Waals surface area contributed by atoms with Crippen LogP contribution in [0.15, 0.2) is 36.7 Å². The number of nitrogens with one attached hydrogen (secondary N) is 1. The molecule has 0 amide bonds. The van der Waals surface area contributed by atoms with Crippen LogP contribution in [0.4, 0.5) is 5.69 Å². The molecule has 0 spiro atoms. The largest absolute Gasteiger partial charge is 0.493 e. The number of ether oxygens (including phenoxy) is 1. The third-order valence-corrected chi connectivity index (χ3v) is 2.93. The molecule has 0 radical (unpaired) electrons. The van der Waals surface area contributed by atoms with Crippen molar-refractivity contribution in [1.82, 2.24) is 9.78 Å². The van der Waals surface area contributed by atoms with E-state index in [1.807, 2.05) is 36.7 Å². The summed E-state index contributed by atoms with van der Waals surface area (Å²) in [5.41, 5.74) is 2.10. The summed E-state index contributed by atoms with van der Waals surface area (Å²) in [7, 11) is 0. The summed E-state index contributed by atoms with van der Waals surface area (Å²) in [6.07, 6.45) is 3.74. The summed E-state index contributed by atoms with van der Waals surface area (Å²) < 4.78 is 7.45. The first kappa shape index (κ1) is 15.4. The summed E-state index contributed by atoms with van der Waals surface area (Å²) in [5, 5.41) is 16.4. The fourth-order valence-corrected chi connectivity index (χ4v) is 1.89.